The zero-order chi connectivity index (χ0) is 25.9. The maximum absolute atomic E-state index is 13.7. The maximum Gasteiger partial charge on any atom is 0.251 e. The molecule has 1 amide bonds. The summed E-state index contributed by atoms with van der Waals surface area (Å²) in [5, 5.41) is 20.8. The van der Waals surface area contributed by atoms with Crippen molar-refractivity contribution < 1.29 is 4.79 Å². The summed E-state index contributed by atoms with van der Waals surface area (Å²) in [7, 11) is 0. The molecule has 1 saturated heterocycles. The minimum atomic E-state index is -0.429. The third-order valence-corrected chi connectivity index (χ3v) is 6.90. The van der Waals surface area contributed by atoms with Crippen LogP contribution >= 0.6 is 0 Å². The molecule has 1 fully saturated rings. The Balaban J connectivity index is 1.45. The molecule has 2 aromatic heterocycles. The summed E-state index contributed by atoms with van der Waals surface area (Å²) in [6, 6.07) is 16.3. The number of hydrogen-bond donors (Lipinski definition) is 4. The van der Waals surface area contributed by atoms with Gasteiger partial charge in [-0.05, 0) is 65.7 Å². The van der Waals surface area contributed by atoms with E-state index in [1.807, 2.05) is 43.0 Å². The molecule has 0 spiro atoms. The van der Waals surface area contributed by atoms with E-state index in [4.69, 9.17) is 0 Å². The van der Waals surface area contributed by atoms with Gasteiger partial charge in [0.25, 0.3) is 5.91 Å². The molecule has 3 heterocycles. The number of nitrogens with one attached hydrogen (secondary N) is 4. The molecule has 0 radical (unpaired) electrons. The summed E-state index contributed by atoms with van der Waals surface area (Å²) >= 11 is 0. The van der Waals surface area contributed by atoms with E-state index in [1.54, 1.807) is 0 Å². The third-order valence-electron chi connectivity index (χ3n) is 6.90. The Kier molecular flexibility index (Phi) is 6.80. The molecule has 1 aliphatic heterocycles. The van der Waals surface area contributed by atoms with Gasteiger partial charge in [0.05, 0.1) is 17.9 Å². The molecule has 190 valence electrons. The summed E-state index contributed by atoms with van der Waals surface area (Å²) in [4.78, 5) is 13.7. The first-order chi connectivity index (χ1) is 17.8. The van der Waals surface area contributed by atoms with Gasteiger partial charge in [-0.25, -0.2) is 0 Å². The van der Waals surface area contributed by atoms with Crippen LogP contribution in [0.5, 0.6) is 0 Å². The van der Waals surface area contributed by atoms with Gasteiger partial charge in [0.1, 0.15) is 0 Å². The summed E-state index contributed by atoms with van der Waals surface area (Å²) in [5.74, 6) is -0.0648. The molecule has 0 atom stereocenters. The predicted molar refractivity (Wildman–Crippen MR) is 147 cm³/mol. The normalized spacial score (nSPS) is 15.9. The molecule has 1 aliphatic rings. The molecule has 4 N–H and O–H groups in total. The van der Waals surface area contributed by atoms with Gasteiger partial charge in [0.15, 0.2) is 0 Å². The van der Waals surface area contributed by atoms with E-state index in [9.17, 15) is 4.79 Å². The largest absolute Gasteiger partial charge is 0.342 e. The summed E-state index contributed by atoms with van der Waals surface area (Å²) < 4.78 is 0. The molecule has 0 aliphatic carbocycles. The number of benzene rings is 2. The van der Waals surface area contributed by atoms with Crippen LogP contribution in [0.15, 0.2) is 79.4 Å². The van der Waals surface area contributed by atoms with E-state index < -0.39 is 5.54 Å². The smallest absolute Gasteiger partial charge is 0.251 e. The van der Waals surface area contributed by atoms with Gasteiger partial charge >= 0.3 is 0 Å². The minimum Gasteiger partial charge on any atom is -0.342 e. The number of H-pyrrole nitrogens is 2. The highest BCUT2D eigenvalue weighted by atomic mass is 16.1. The van der Waals surface area contributed by atoms with Gasteiger partial charge in [-0.1, -0.05) is 63.2 Å². The predicted octanol–water partition coefficient (Wildman–Crippen LogP) is 5.29. The zero-order valence-corrected chi connectivity index (χ0v) is 21.6. The second-order valence-corrected chi connectivity index (χ2v) is 10.8. The summed E-state index contributed by atoms with van der Waals surface area (Å²) in [6.07, 6.45) is 11.3. The van der Waals surface area contributed by atoms with Crippen molar-refractivity contribution in [3.63, 3.8) is 0 Å². The molecule has 7 nitrogen and oxygen atoms in total. The van der Waals surface area contributed by atoms with Crippen LogP contribution in [0.2, 0.25) is 0 Å². The average Bonchev–Trinajstić information content (AvgIpc) is 3.63. The fourth-order valence-electron chi connectivity index (χ4n) is 5.01. The number of rotatable bonds is 6. The molecule has 37 heavy (non-hydrogen) atoms. The van der Waals surface area contributed by atoms with E-state index >= 15 is 0 Å². The fourth-order valence-corrected chi connectivity index (χ4v) is 5.01. The van der Waals surface area contributed by atoms with Gasteiger partial charge < -0.3 is 10.6 Å². The van der Waals surface area contributed by atoms with Crippen molar-refractivity contribution in [1.82, 2.24) is 31.0 Å². The number of nitrogens with zero attached hydrogens (tertiary/aromatic N) is 2. The second kappa shape index (κ2) is 10.2. The van der Waals surface area contributed by atoms with E-state index in [0.29, 0.717) is 5.56 Å². The van der Waals surface area contributed by atoms with Crippen LogP contribution in [0.4, 0.5) is 0 Å². The highest BCUT2D eigenvalue weighted by Gasteiger charge is 2.35. The number of hydrogen-bond acceptors (Lipinski definition) is 4. The van der Waals surface area contributed by atoms with Crippen LogP contribution < -0.4 is 10.6 Å². The molecule has 0 saturated carbocycles. The van der Waals surface area contributed by atoms with Crippen molar-refractivity contribution in [3.8, 4) is 11.1 Å². The number of carbonyl (C=O) groups excluding carboxylic acids is 1. The third kappa shape index (κ3) is 5.57. The lowest BCUT2D eigenvalue weighted by atomic mass is 9.80. The first-order valence-electron chi connectivity index (χ1n) is 12.8. The molecule has 2 aromatic carbocycles. The first-order valence-corrected chi connectivity index (χ1v) is 12.8. The molecular weight excluding hydrogens is 460 g/mol. The van der Waals surface area contributed by atoms with Crippen LogP contribution in [-0.4, -0.2) is 39.4 Å². The van der Waals surface area contributed by atoms with E-state index in [0.717, 1.165) is 59.3 Å². The second-order valence-electron chi connectivity index (χ2n) is 10.8. The number of allylic oxidation sites excluding steroid dienone is 1. The highest BCUT2D eigenvalue weighted by molar-refractivity contribution is 5.96. The average molecular weight is 495 g/mol. The highest BCUT2D eigenvalue weighted by Crippen LogP contribution is 2.34. The number of amides is 1. The van der Waals surface area contributed by atoms with Crippen LogP contribution in [-0.2, 0) is 5.54 Å². The van der Waals surface area contributed by atoms with Crippen molar-refractivity contribution in [2.45, 2.75) is 39.2 Å². The quantitative estimate of drug-likeness (QED) is 0.293. The maximum atomic E-state index is 13.7. The van der Waals surface area contributed by atoms with Crippen molar-refractivity contribution in [3.05, 3.63) is 102 Å². The Bertz CT molecular complexity index is 1360. The standard InChI is InChI=1S/C30H34N6O/c1-29(2,3)16-27(25-19-34-35-20-25)22-5-4-6-23(15-22)28(37)36-30(11-13-31-14-12-30)26-9-7-21(8-10-26)24-17-32-33-18-24/h4-10,15-20,31H,11-14H2,1-3H3,(H,32,33)(H,34,35)(H,36,37). The zero-order valence-electron chi connectivity index (χ0n) is 21.6. The Hall–Kier alpha value is -3.97. The van der Waals surface area contributed by atoms with E-state index in [1.165, 1.54) is 0 Å². The number of aromatic amines is 2. The number of piperidine rings is 1. The molecule has 0 unspecified atom stereocenters. The number of carbonyl (C=O) groups is 1. The first kappa shape index (κ1) is 24.7. The lowest BCUT2D eigenvalue weighted by Gasteiger charge is -2.39. The van der Waals surface area contributed by atoms with Crippen molar-refractivity contribution in [1.29, 1.82) is 0 Å². The number of aromatic nitrogens is 4. The van der Waals surface area contributed by atoms with Crippen molar-refractivity contribution >= 4 is 11.5 Å². The molecule has 4 aromatic rings. The van der Waals surface area contributed by atoms with Gasteiger partial charge in [-0.3, -0.25) is 15.0 Å². The minimum absolute atomic E-state index is 0.0351. The molecule has 5 rings (SSSR count). The monoisotopic (exact) mass is 494 g/mol. The fraction of sp³-hybridized carbons (Fsp3) is 0.300. The lowest BCUT2D eigenvalue weighted by molar-refractivity contribution is 0.0872. The van der Waals surface area contributed by atoms with Crippen LogP contribution in [0, 0.1) is 5.41 Å². The van der Waals surface area contributed by atoms with Crippen molar-refractivity contribution in [2.24, 2.45) is 5.41 Å². The van der Waals surface area contributed by atoms with E-state index in [2.05, 4.69) is 88.2 Å². The Labute approximate surface area is 217 Å². The van der Waals surface area contributed by atoms with Gasteiger partial charge in [-0.15, -0.1) is 0 Å². The Morgan fingerprint density at radius 1 is 0.892 bits per heavy atom. The van der Waals surface area contributed by atoms with Gasteiger partial charge in [0.2, 0.25) is 0 Å². The van der Waals surface area contributed by atoms with Crippen LogP contribution in [0.1, 0.15) is 60.7 Å². The van der Waals surface area contributed by atoms with Crippen LogP contribution in [0.25, 0.3) is 16.7 Å². The van der Waals surface area contributed by atoms with Crippen LogP contribution in [0.3, 0.4) is 0 Å². The van der Waals surface area contributed by atoms with Crippen molar-refractivity contribution in [2.75, 3.05) is 13.1 Å². The SMILES string of the molecule is CC(C)(C)C=C(c1cn[nH]c1)c1cccc(C(=O)NC2(c3ccc(-c4cn[nH]c4)cc3)CCNCC2)c1. The van der Waals surface area contributed by atoms with Gasteiger partial charge in [0, 0.05) is 29.1 Å². The molecular formula is C30H34N6O. The molecule has 7 heteroatoms. The Morgan fingerprint density at radius 2 is 1.59 bits per heavy atom. The summed E-state index contributed by atoms with van der Waals surface area (Å²) in [5.41, 5.74) is 6.50. The lowest BCUT2D eigenvalue weighted by Crippen LogP contribution is -2.52. The Morgan fingerprint density at radius 3 is 2.24 bits per heavy atom. The van der Waals surface area contributed by atoms with E-state index in [-0.39, 0.29) is 11.3 Å². The molecule has 0 bridgehead atoms. The van der Waals surface area contributed by atoms with Gasteiger partial charge in [-0.2, -0.15) is 10.2 Å². The topological polar surface area (TPSA) is 98.5 Å². The summed E-state index contributed by atoms with van der Waals surface area (Å²) in [6.45, 7) is 8.21.